The van der Waals surface area contributed by atoms with E-state index in [-0.39, 0.29) is 32.5 Å². The molecular formula is C12H18N5O3PS. The maximum Gasteiger partial charge on any atom is 0.280 e. The van der Waals surface area contributed by atoms with Crippen LogP contribution in [0.1, 0.15) is 12.8 Å². The second-order valence-corrected chi connectivity index (χ2v) is 6.48. The van der Waals surface area contributed by atoms with E-state index in [0.717, 1.165) is 18.7 Å². The Morgan fingerprint density at radius 3 is 3.27 bits per heavy atom. The SMILES string of the molecule is O=C1C2=C(NC3NC=CN13)N([C@H]1CC[C@@H](COPS)O1)CN2. The molecule has 0 aliphatic carbocycles. The molecule has 1 fully saturated rings. The number of carbonyl (C=O) groups excluding carboxylic acids is 1. The topological polar surface area (TPSA) is 78.1 Å². The first-order valence-corrected chi connectivity index (χ1v) is 9.40. The average Bonchev–Trinajstić information content (AvgIpc) is 3.24. The Bertz CT molecular complexity index is 545. The van der Waals surface area contributed by atoms with E-state index in [1.165, 1.54) is 0 Å². The molecule has 4 aliphatic rings. The number of thiol groups is 1. The zero-order chi connectivity index (χ0) is 15.1. The van der Waals surface area contributed by atoms with Crippen LogP contribution in [-0.2, 0) is 14.1 Å². The highest BCUT2D eigenvalue weighted by Crippen LogP contribution is 2.31. The Kier molecular flexibility index (Phi) is 3.81. The molecule has 0 spiro atoms. The molecule has 120 valence electrons. The quantitative estimate of drug-likeness (QED) is 0.415. The number of hydrogen-bond donors (Lipinski definition) is 4. The van der Waals surface area contributed by atoms with Gasteiger partial charge in [-0.3, -0.25) is 9.69 Å². The molecule has 3 N–H and O–H groups in total. The first-order valence-electron chi connectivity index (χ1n) is 7.21. The number of carbonyl (C=O) groups is 1. The van der Waals surface area contributed by atoms with Crippen LogP contribution in [0.3, 0.4) is 0 Å². The maximum atomic E-state index is 12.4. The van der Waals surface area contributed by atoms with Crippen LogP contribution in [0.2, 0.25) is 0 Å². The van der Waals surface area contributed by atoms with Crippen molar-refractivity contribution in [1.82, 2.24) is 25.8 Å². The molecule has 22 heavy (non-hydrogen) atoms. The molecule has 1 amide bonds. The molecule has 4 heterocycles. The molecular weight excluding hydrogens is 325 g/mol. The van der Waals surface area contributed by atoms with Crippen LogP contribution in [0.4, 0.5) is 0 Å². The van der Waals surface area contributed by atoms with E-state index in [0.29, 0.717) is 19.0 Å². The normalized spacial score (nSPS) is 33.3. The van der Waals surface area contributed by atoms with Gasteiger partial charge in [-0.25, -0.2) is 0 Å². The fraction of sp³-hybridized carbons (Fsp3) is 0.583. The molecule has 10 heteroatoms. The van der Waals surface area contributed by atoms with Gasteiger partial charge in [0.25, 0.3) is 5.91 Å². The number of nitrogens with one attached hydrogen (secondary N) is 3. The second kappa shape index (κ2) is 5.81. The van der Waals surface area contributed by atoms with Gasteiger partial charge in [0.05, 0.1) is 27.4 Å². The highest BCUT2D eigenvalue weighted by molar-refractivity contribution is 8.36. The van der Waals surface area contributed by atoms with Crippen LogP contribution in [-0.4, -0.2) is 47.6 Å². The van der Waals surface area contributed by atoms with Crippen molar-refractivity contribution in [2.24, 2.45) is 0 Å². The van der Waals surface area contributed by atoms with E-state index in [9.17, 15) is 4.79 Å². The number of fused-ring (bicyclic) bond motifs is 1. The molecule has 0 aromatic rings. The predicted molar refractivity (Wildman–Crippen MR) is 84.1 cm³/mol. The molecule has 4 aliphatic heterocycles. The Hall–Kier alpha value is -1.15. The zero-order valence-corrected chi connectivity index (χ0v) is 13.7. The number of amides is 1. The highest BCUT2D eigenvalue weighted by atomic mass is 32.7. The molecule has 8 nitrogen and oxygen atoms in total. The molecule has 0 bridgehead atoms. The zero-order valence-electron chi connectivity index (χ0n) is 11.8. The maximum absolute atomic E-state index is 12.4. The third kappa shape index (κ3) is 2.32. The van der Waals surface area contributed by atoms with Gasteiger partial charge in [-0.15, -0.1) is 12.2 Å². The van der Waals surface area contributed by atoms with Gasteiger partial charge >= 0.3 is 0 Å². The van der Waals surface area contributed by atoms with Crippen LogP contribution in [0, 0.1) is 0 Å². The van der Waals surface area contributed by atoms with Crippen molar-refractivity contribution in [2.45, 2.75) is 31.5 Å². The van der Waals surface area contributed by atoms with Crippen molar-refractivity contribution < 1.29 is 14.1 Å². The summed E-state index contributed by atoms with van der Waals surface area (Å²) < 4.78 is 11.4. The van der Waals surface area contributed by atoms with Gasteiger partial charge in [0, 0.05) is 12.4 Å². The van der Waals surface area contributed by atoms with E-state index >= 15 is 0 Å². The summed E-state index contributed by atoms with van der Waals surface area (Å²) in [6.45, 7) is 1.14. The van der Waals surface area contributed by atoms with Gasteiger partial charge in [0.2, 0.25) is 0 Å². The van der Waals surface area contributed by atoms with E-state index < -0.39 is 0 Å². The molecule has 2 unspecified atom stereocenters. The van der Waals surface area contributed by atoms with Crippen LogP contribution in [0.25, 0.3) is 0 Å². The minimum absolute atomic E-state index is 0.0309. The molecule has 0 aromatic heterocycles. The molecule has 4 rings (SSSR count). The van der Waals surface area contributed by atoms with Gasteiger partial charge in [-0.05, 0) is 12.8 Å². The smallest absolute Gasteiger partial charge is 0.280 e. The van der Waals surface area contributed by atoms with E-state index in [2.05, 4.69) is 33.1 Å². The number of ether oxygens (including phenoxy) is 1. The third-order valence-electron chi connectivity index (χ3n) is 4.21. The van der Waals surface area contributed by atoms with Crippen LogP contribution in [0.5, 0.6) is 0 Å². The second-order valence-electron chi connectivity index (χ2n) is 5.46. The molecule has 4 atom stereocenters. The van der Waals surface area contributed by atoms with Crippen molar-refractivity contribution in [3.05, 3.63) is 23.9 Å². The lowest BCUT2D eigenvalue weighted by Crippen LogP contribution is -2.56. The number of nitrogens with zero attached hydrogens (tertiary/aromatic N) is 2. The first-order chi connectivity index (χ1) is 10.8. The lowest BCUT2D eigenvalue weighted by Gasteiger charge is -2.35. The Morgan fingerprint density at radius 1 is 1.50 bits per heavy atom. The summed E-state index contributed by atoms with van der Waals surface area (Å²) in [5, 5.41) is 9.63. The van der Waals surface area contributed by atoms with E-state index in [1.54, 1.807) is 17.3 Å². The lowest BCUT2D eigenvalue weighted by atomic mass is 10.2. The molecule has 0 radical (unpaired) electrons. The van der Waals surface area contributed by atoms with Gasteiger partial charge in [0.15, 0.2) is 6.29 Å². The van der Waals surface area contributed by atoms with Crippen molar-refractivity contribution in [1.29, 1.82) is 0 Å². The van der Waals surface area contributed by atoms with Crippen LogP contribution < -0.4 is 16.0 Å². The summed E-state index contributed by atoms with van der Waals surface area (Å²) in [4.78, 5) is 16.1. The first kappa shape index (κ1) is 14.4. The third-order valence-corrected chi connectivity index (χ3v) is 4.89. The van der Waals surface area contributed by atoms with E-state index in [1.807, 2.05) is 0 Å². The van der Waals surface area contributed by atoms with Gasteiger partial charge in [-0.1, -0.05) is 0 Å². The highest BCUT2D eigenvalue weighted by Gasteiger charge is 2.43. The summed E-state index contributed by atoms with van der Waals surface area (Å²) in [5.41, 5.74) is 0.602. The summed E-state index contributed by atoms with van der Waals surface area (Å²) in [6, 6.07) is 0. The monoisotopic (exact) mass is 343 g/mol. The molecule has 0 saturated carbocycles. The molecule has 1 saturated heterocycles. The average molecular weight is 343 g/mol. The fourth-order valence-corrected chi connectivity index (χ4v) is 3.64. The summed E-state index contributed by atoms with van der Waals surface area (Å²) in [7, 11) is 0.183. The minimum atomic E-state index is -0.223. The van der Waals surface area contributed by atoms with Gasteiger partial charge in [0.1, 0.15) is 17.7 Å². The summed E-state index contributed by atoms with van der Waals surface area (Å²) in [5.74, 6) is 0.779. The van der Waals surface area contributed by atoms with Gasteiger partial charge in [-0.2, -0.15) is 0 Å². The lowest BCUT2D eigenvalue weighted by molar-refractivity contribution is -0.128. The Labute approximate surface area is 135 Å². The number of rotatable bonds is 4. The Balaban J connectivity index is 1.46. The van der Waals surface area contributed by atoms with Crippen LogP contribution >= 0.6 is 20.3 Å². The van der Waals surface area contributed by atoms with Crippen molar-refractivity contribution in [3.8, 4) is 0 Å². The fourth-order valence-electron chi connectivity index (χ4n) is 3.15. The van der Waals surface area contributed by atoms with Crippen molar-refractivity contribution >= 4 is 26.2 Å². The standard InChI is InChI=1S/C12H18N5O3PS/c18-11-9-10(15-12-13-3-4-16(11)12)17(6-14-9)8-2-1-7(20-8)5-19-21-22/h3-4,7-8,12-15,21-22H,1-2,5-6H2/t7-,8+,12?/m0/s1. The number of hydrogen-bond acceptors (Lipinski definition) is 8. The minimum Gasteiger partial charge on any atom is -0.360 e. The van der Waals surface area contributed by atoms with E-state index in [4.69, 9.17) is 9.26 Å². The molecule has 0 aromatic carbocycles. The predicted octanol–water partition coefficient (Wildman–Crippen LogP) is -0.232. The largest absolute Gasteiger partial charge is 0.360 e. The van der Waals surface area contributed by atoms with Crippen LogP contribution in [0.15, 0.2) is 23.9 Å². The summed E-state index contributed by atoms with van der Waals surface area (Å²) >= 11 is 4.07. The van der Waals surface area contributed by atoms with Crippen molar-refractivity contribution in [2.75, 3.05) is 13.3 Å². The summed E-state index contributed by atoms with van der Waals surface area (Å²) in [6.07, 6.45) is 5.20. The van der Waals surface area contributed by atoms with Crippen molar-refractivity contribution in [3.63, 3.8) is 0 Å². The Morgan fingerprint density at radius 2 is 2.41 bits per heavy atom. The van der Waals surface area contributed by atoms with Gasteiger partial charge < -0.3 is 30.1 Å².